The second-order valence-electron chi connectivity index (χ2n) is 3.56. The quantitative estimate of drug-likeness (QED) is 0.678. The molecule has 7 heteroatoms. The third-order valence-electron chi connectivity index (χ3n) is 2.34. The molecule has 1 fully saturated rings. The largest absolute Gasteiger partial charge is 0.480 e. The number of aryl methyl sites for hydroxylation is 1. The van der Waals surface area contributed by atoms with Crippen molar-refractivity contribution in [3.8, 4) is 0 Å². The van der Waals surface area contributed by atoms with Gasteiger partial charge in [0.1, 0.15) is 5.54 Å². The van der Waals surface area contributed by atoms with Gasteiger partial charge in [-0.15, -0.1) is 5.10 Å². The van der Waals surface area contributed by atoms with E-state index in [0.717, 1.165) is 0 Å². The summed E-state index contributed by atoms with van der Waals surface area (Å²) >= 11 is 0. The van der Waals surface area contributed by atoms with Crippen LogP contribution in [-0.4, -0.2) is 37.5 Å². The van der Waals surface area contributed by atoms with E-state index in [-0.39, 0.29) is 5.69 Å². The van der Waals surface area contributed by atoms with Crippen LogP contribution in [0.5, 0.6) is 0 Å². The molecular weight excluding hydrogens is 200 g/mol. The lowest BCUT2D eigenvalue weighted by molar-refractivity contribution is -0.140. The van der Waals surface area contributed by atoms with E-state index in [0.29, 0.717) is 12.8 Å². The Bertz CT molecular complexity index is 421. The molecule has 7 nitrogen and oxygen atoms in total. The molecule has 1 aliphatic rings. The fraction of sp³-hybridized carbons (Fsp3) is 0.500. The van der Waals surface area contributed by atoms with E-state index in [1.165, 1.54) is 11.0 Å². The monoisotopic (exact) mass is 210 g/mol. The number of hydrogen-bond acceptors (Lipinski definition) is 4. The summed E-state index contributed by atoms with van der Waals surface area (Å²) in [6, 6.07) is 0. The Labute approximate surface area is 85.1 Å². The molecule has 0 saturated heterocycles. The van der Waals surface area contributed by atoms with Gasteiger partial charge in [-0.05, 0) is 12.8 Å². The van der Waals surface area contributed by atoms with E-state index >= 15 is 0 Å². The average Bonchev–Trinajstić information content (AvgIpc) is 2.82. The van der Waals surface area contributed by atoms with Crippen LogP contribution >= 0.6 is 0 Å². The first kappa shape index (κ1) is 9.63. The molecule has 1 saturated carbocycles. The van der Waals surface area contributed by atoms with Gasteiger partial charge in [-0.25, -0.2) is 4.79 Å². The molecule has 1 heterocycles. The first-order valence-electron chi connectivity index (χ1n) is 4.46. The number of carbonyl (C=O) groups is 2. The van der Waals surface area contributed by atoms with Gasteiger partial charge in [-0.2, -0.15) is 9.90 Å². The maximum absolute atomic E-state index is 11.5. The number of nitrogens with zero attached hydrogens (tertiary/aromatic N) is 3. The van der Waals surface area contributed by atoms with Crippen LogP contribution in [0, 0.1) is 0 Å². The van der Waals surface area contributed by atoms with Gasteiger partial charge in [0.15, 0.2) is 5.69 Å². The Balaban J connectivity index is 2.08. The highest BCUT2D eigenvalue weighted by Crippen LogP contribution is 2.35. The number of carboxylic acid groups (broad SMARTS) is 1. The molecule has 2 N–H and O–H groups in total. The van der Waals surface area contributed by atoms with Crippen LogP contribution in [0.1, 0.15) is 23.3 Å². The van der Waals surface area contributed by atoms with Gasteiger partial charge in [0.2, 0.25) is 0 Å². The van der Waals surface area contributed by atoms with Gasteiger partial charge in [0.05, 0.1) is 6.20 Å². The molecule has 0 spiro atoms. The number of rotatable bonds is 3. The second-order valence-corrected chi connectivity index (χ2v) is 3.56. The summed E-state index contributed by atoms with van der Waals surface area (Å²) < 4.78 is 0. The third-order valence-corrected chi connectivity index (χ3v) is 2.34. The van der Waals surface area contributed by atoms with Gasteiger partial charge in [0, 0.05) is 7.05 Å². The number of carbonyl (C=O) groups excluding carboxylic acids is 1. The highest BCUT2D eigenvalue weighted by molar-refractivity contribution is 5.97. The Morgan fingerprint density at radius 3 is 2.67 bits per heavy atom. The molecule has 1 amide bonds. The molecular formula is C8H10N4O3. The molecule has 15 heavy (non-hydrogen) atoms. The van der Waals surface area contributed by atoms with Crippen LogP contribution < -0.4 is 5.32 Å². The number of aromatic nitrogens is 3. The Morgan fingerprint density at radius 1 is 1.60 bits per heavy atom. The summed E-state index contributed by atoms with van der Waals surface area (Å²) in [5.41, 5.74) is -0.945. The van der Waals surface area contributed by atoms with Crippen LogP contribution in [-0.2, 0) is 11.8 Å². The predicted molar refractivity (Wildman–Crippen MR) is 48.1 cm³/mol. The molecule has 80 valence electrons. The summed E-state index contributed by atoms with van der Waals surface area (Å²) in [6.07, 6.45) is 2.23. The number of amides is 1. The van der Waals surface area contributed by atoms with Crippen LogP contribution in [0.3, 0.4) is 0 Å². The molecule has 0 bridgehead atoms. The van der Waals surface area contributed by atoms with Crippen molar-refractivity contribution in [3.63, 3.8) is 0 Å². The van der Waals surface area contributed by atoms with Crippen molar-refractivity contribution in [1.29, 1.82) is 0 Å². The van der Waals surface area contributed by atoms with Gasteiger partial charge >= 0.3 is 5.97 Å². The average molecular weight is 210 g/mol. The summed E-state index contributed by atoms with van der Waals surface area (Å²) in [5.74, 6) is -1.50. The fourth-order valence-corrected chi connectivity index (χ4v) is 1.25. The summed E-state index contributed by atoms with van der Waals surface area (Å²) in [7, 11) is 1.58. The van der Waals surface area contributed by atoms with Crippen molar-refractivity contribution in [2.24, 2.45) is 7.05 Å². The van der Waals surface area contributed by atoms with Crippen LogP contribution in [0.2, 0.25) is 0 Å². The van der Waals surface area contributed by atoms with E-state index in [2.05, 4.69) is 15.5 Å². The summed E-state index contributed by atoms with van der Waals surface area (Å²) in [5, 5.41) is 18.8. The van der Waals surface area contributed by atoms with E-state index in [1.54, 1.807) is 7.05 Å². The standard InChI is InChI=1S/C8H10N4O3/c1-12-9-4-5(11-12)6(13)10-8(2-3-8)7(14)15/h4H,2-3H2,1H3,(H,10,13)(H,14,15). The molecule has 1 aromatic rings. The van der Waals surface area contributed by atoms with Gasteiger partial charge in [-0.1, -0.05) is 0 Å². The minimum Gasteiger partial charge on any atom is -0.480 e. The molecule has 1 aliphatic carbocycles. The van der Waals surface area contributed by atoms with Crippen LogP contribution in [0.15, 0.2) is 6.20 Å². The Hall–Kier alpha value is -1.92. The lowest BCUT2D eigenvalue weighted by Crippen LogP contribution is -2.43. The Morgan fingerprint density at radius 2 is 2.27 bits per heavy atom. The van der Waals surface area contributed by atoms with Crippen molar-refractivity contribution in [2.75, 3.05) is 0 Å². The van der Waals surface area contributed by atoms with Gasteiger partial charge in [0.25, 0.3) is 5.91 Å². The zero-order chi connectivity index (χ0) is 11.1. The Kier molecular flexibility index (Phi) is 1.95. The first-order chi connectivity index (χ1) is 7.03. The van der Waals surface area contributed by atoms with Crippen molar-refractivity contribution in [2.45, 2.75) is 18.4 Å². The van der Waals surface area contributed by atoms with Gasteiger partial charge < -0.3 is 10.4 Å². The van der Waals surface area contributed by atoms with E-state index < -0.39 is 17.4 Å². The fourth-order valence-electron chi connectivity index (χ4n) is 1.25. The van der Waals surface area contributed by atoms with Crippen molar-refractivity contribution >= 4 is 11.9 Å². The number of aliphatic carboxylic acids is 1. The minimum absolute atomic E-state index is 0.130. The number of carboxylic acids is 1. The number of nitrogens with one attached hydrogen (secondary N) is 1. The van der Waals surface area contributed by atoms with Crippen molar-refractivity contribution < 1.29 is 14.7 Å². The highest BCUT2D eigenvalue weighted by atomic mass is 16.4. The van der Waals surface area contributed by atoms with Gasteiger partial charge in [-0.3, -0.25) is 4.79 Å². The lowest BCUT2D eigenvalue weighted by Gasteiger charge is -2.10. The summed E-state index contributed by atoms with van der Waals surface area (Å²) in [4.78, 5) is 23.6. The smallest absolute Gasteiger partial charge is 0.329 e. The molecule has 2 rings (SSSR count). The maximum atomic E-state index is 11.5. The molecule has 0 atom stereocenters. The maximum Gasteiger partial charge on any atom is 0.329 e. The second kappa shape index (κ2) is 3.04. The van der Waals surface area contributed by atoms with E-state index in [1.807, 2.05) is 0 Å². The highest BCUT2D eigenvalue weighted by Gasteiger charge is 2.51. The third kappa shape index (κ3) is 1.67. The van der Waals surface area contributed by atoms with E-state index in [4.69, 9.17) is 5.11 Å². The molecule has 0 radical (unpaired) electrons. The zero-order valence-electron chi connectivity index (χ0n) is 8.10. The van der Waals surface area contributed by atoms with Crippen molar-refractivity contribution in [3.05, 3.63) is 11.9 Å². The SMILES string of the molecule is Cn1ncc(C(=O)NC2(C(=O)O)CC2)n1. The molecule has 0 unspecified atom stereocenters. The summed E-state index contributed by atoms with van der Waals surface area (Å²) in [6.45, 7) is 0. The zero-order valence-corrected chi connectivity index (χ0v) is 8.10. The normalized spacial score (nSPS) is 17.1. The topological polar surface area (TPSA) is 97.1 Å². The lowest BCUT2D eigenvalue weighted by atomic mass is 10.2. The van der Waals surface area contributed by atoms with E-state index in [9.17, 15) is 9.59 Å². The van der Waals surface area contributed by atoms with Crippen LogP contribution in [0.4, 0.5) is 0 Å². The van der Waals surface area contributed by atoms with Crippen LogP contribution in [0.25, 0.3) is 0 Å². The predicted octanol–water partition coefficient (Wildman–Crippen LogP) is -0.838. The minimum atomic E-state index is -1.07. The first-order valence-corrected chi connectivity index (χ1v) is 4.46. The number of hydrogen-bond donors (Lipinski definition) is 2. The molecule has 0 aromatic carbocycles. The van der Waals surface area contributed by atoms with Crippen molar-refractivity contribution in [1.82, 2.24) is 20.3 Å². The molecule has 0 aliphatic heterocycles. The molecule has 1 aromatic heterocycles.